The number of aliphatic hydroxyl groups excluding tert-OH is 1. The Balaban J connectivity index is 5.65. The van der Waals surface area contributed by atoms with Gasteiger partial charge in [0.15, 0.2) is 0 Å². The summed E-state index contributed by atoms with van der Waals surface area (Å²) in [6.07, 6.45) is -14.2. The van der Waals surface area contributed by atoms with Gasteiger partial charge in [-0.1, -0.05) is 0 Å². The smallest absolute Gasteiger partial charge is 0.396 e. The van der Waals surface area contributed by atoms with Crippen LogP contribution in [0.4, 0.5) is 39.5 Å². The number of halogens is 10. The Labute approximate surface area is 127 Å². The molecule has 1 unspecified atom stereocenters. The van der Waals surface area contributed by atoms with Crippen molar-refractivity contribution in [2.45, 2.75) is 43.2 Å². The molecule has 0 spiro atoms. The van der Waals surface area contributed by atoms with Crippen LogP contribution < -0.4 is 0 Å². The van der Waals surface area contributed by atoms with Gasteiger partial charge in [0.2, 0.25) is 0 Å². The van der Waals surface area contributed by atoms with Gasteiger partial charge < -0.3 is 5.11 Å². The first kappa shape index (κ1) is 20.8. The maximum absolute atomic E-state index is 13.6. The minimum absolute atomic E-state index is 0.0107. The van der Waals surface area contributed by atoms with Crippen LogP contribution in [0, 0.1) is 0 Å². The van der Waals surface area contributed by atoms with E-state index in [4.69, 9.17) is 5.11 Å². The van der Waals surface area contributed by atoms with E-state index < -0.39 is 33.6 Å². The van der Waals surface area contributed by atoms with Gasteiger partial charge in [0.25, 0.3) is 5.67 Å². The number of aliphatic hydroxyl groups is 1. The Morgan fingerprint density at radius 3 is 1.67 bits per heavy atom. The monoisotopic (exact) mass is 444 g/mol. The molecule has 0 aromatic heterocycles. The zero-order valence-corrected chi connectivity index (χ0v) is 12.3. The minimum atomic E-state index is -6.70. The molecule has 0 amide bonds. The summed E-state index contributed by atoms with van der Waals surface area (Å²) in [5.74, 6) is -6.62. The van der Waals surface area contributed by atoms with Crippen LogP contribution in [0.15, 0.2) is 9.66 Å². The normalized spacial score (nSPS) is 17.8. The van der Waals surface area contributed by atoms with Gasteiger partial charge in [0, 0.05) is 6.61 Å². The molecule has 0 aromatic carbocycles. The summed E-state index contributed by atoms with van der Waals surface area (Å²) in [7, 11) is 0. The molecule has 0 bridgehead atoms. The minimum Gasteiger partial charge on any atom is -0.396 e. The van der Waals surface area contributed by atoms with E-state index in [1.807, 2.05) is 0 Å². The summed E-state index contributed by atoms with van der Waals surface area (Å²) < 4.78 is 112. The van der Waals surface area contributed by atoms with Crippen molar-refractivity contribution in [2.24, 2.45) is 0 Å². The molecular formula is C10H10F9IO. The standard InChI is InChI=1S/C10H10F9IO/c11-7(9(14,15)16,8(12,13)10(17,18)19)5-6(20)3-1-2-4-21/h5,21H,1-4H2. The Bertz CT molecular complexity index is 374. The van der Waals surface area contributed by atoms with Crippen LogP contribution in [0.25, 0.3) is 0 Å². The summed E-state index contributed by atoms with van der Waals surface area (Å²) in [6.45, 7) is -0.345. The summed E-state index contributed by atoms with van der Waals surface area (Å²) in [5.41, 5.74) is -5.85. The zero-order chi connectivity index (χ0) is 17.1. The zero-order valence-electron chi connectivity index (χ0n) is 10.1. The van der Waals surface area contributed by atoms with Crippen LogP contribution in [-0.2, 0) is 0 Å². The van der Waals surface area contributed by atoms with Crippen molar-refractivity contribution in [1.29, 1.82) is 0 Å². The molecule has 21 heavy (non-hydrogen) atoms. The molecule has 0 saturated heterocycles. The lowest BCUT2D eigenvalue weighted by Crippen LogP contribution is -2.61. The van der Waals surface area contributed by atoms with Gasteiger partial charge in [0.1, 0.15) is 0 Å². The lowest BCUT2D eigenvalue weighted by atomic mass is 9.95. The quantitative estimate of drug-likeness (QED) is 0.350. The molecule has 0 radical (unpaired) electrons. The first-order valence-corrected chi connectivity index (χ1v) is 6.47. The predicted molar refractivity (Wildman–Crippen MR) is 63.9 cm³/mol. The largest absolute Gasteiger partial charge is 0.457 e. The molecule has 126 valence electrons. The summed E-state index contributed by atoms with van der Waals surface area (Å²) in [5, 5.41) is 8.43. The molecule has 0 aliphatic rings. The van der Waals surface area contributed by atoms with E-state index in [1.54, 1.807) is 0 Å². The van der Waals surface area contributed by atoms with Gasteiger partial charge >= 0.3 is 18.3 Å². The highest BCUT2D eigenvalue weighted by Gasteiger charge is 2.80. The van der Waals surface area contributed by atoms with Gasteiger partial charge in [-0.15, -0.1) is 0 Å². The van der Waals surface area contributed by atoms with Gasteiger partial charge in [-0.05, 0) is 51.5 Å². The number of hydrogen-bond donors (Lipinski definition) is 1. The van der Waals surface area contributed by atoms with Crippen LogP contribution in [0.3, 0.4) is 0 Å². The highest BCUT2D eigenvalue weighted by molar-refractivity contribution is 14.1. The first-order chi connectivity index (χ1) is 9.20. The molecule has 1 atom stereocenters. The fourth-order valence-electron chi connectivity index (χ4n) is 1.25. The highest BCUT2D eigenvalue weighted by atomic mass is 127. The molecule has 0 fully saturated rings. The number of allylic oxidation sites excluding steroid dienone is 2. The van der Waals surface area contributed by atoms with Crippen LogP contribution in [0.1, 0.15) is 19.3 Å². The van der Waals surface area contributed by atoms with Crippen molar-refractivity contribution in [3.8, 4) is 0 Å². The van der Waals surface area contributed by atoms with E-state index in [0.29, 0.717) is 0 Å². The molecule has 0 aromatic rings. The molecule has 0 heterocycles. The van der Waals surface area contributed by atoms with Crippen LogP contribution in [0.5, 0.6) is 0 Å². The topological polar surface area (TPSA) is 20.2 Å². The van der Waals surface area contributed by atoms with Crippen molar-refractivity contribution in [2.75, 3.05) is 6.61 Å². The van der Waals surface area contributed by atoms with E-state index in [9.17, 15) is 39.5 Å². The third kappa shape index (κ3) is 4.63. The lowest BCUT2D eigenvalue weighted by molar-refractivity contribution is -0.369. The van der Waals surface area contributed by atoms with E-state index in [-0.39, 0.29) is 25.9 Å². The average Bonchev–Trinajstić information content (AvgIpc) is 2.25. The number of alkyl halides is 9. The van der Waals surface area contributed by atoms with Crippen molar-refractivity contribution >= 4 is 22.6 Å². The van der Waals surface area contributed by atoms with E-state index in [1.165, 1.54) is 0 Å². The predicted octanol–water partition coefficient (Wildman–Crippen LogP) is 4.94. The number of hydrogen-bond acceptors (Lipinski definition) is 1. The Kier molecular flexibility index (Phi) is 6.85. The SMILES string of the molecule is OCCCCC(I)=CC(F)(C(F)(F)F)C(F)(F)C(F)(F)F. The van der Waals surface area contributed by atoms with Crippen LogP contribution in [0.2, 0.25) is 0 Å². The molecule has 0 rings (SSSR count). The molecule has 11 heteroatoms. The summed E-state index contributed by atoms with van der Waals surface area (Å²) in [4.78, 5) is 0. The lowest BCUT2D eigenvalue weighted by Gasteiger charge is -2.34. The van der Waals surface area contributed by atoms with E-state index >= 15 is 0 Å². The van der Waals surface area contributed by atoms with Crippen molar-refractivity contribution in [1.82, 2.24) is 0 Å². The Hall–Kier alpha value is -0.200. The van der Waals surface area contributed by atoms with Crippen molar-refractivity contribution in [3.63, 3.8) is 0 Å². The highest BCUT2D eigenvalue weighted by Crippen LogP contribution is 2.54. The Morgan fingerprint density at radius 1 is 0.857 bits per heavy atom. The third-order valence-corrected chi connectivity index (χ3v) is 3.26. The van der Waals surface area contributed by atoms with Crippen LogP contribution >= 0.6 is 22.6 Å². The summed E-state index contributed by atoms with van der Waals surface area (Å²) in [6, 6.07) is 0. The fourth-order valence-corrected chi connectivity index (χ4v) is 2.06. The average molecular weight is 444 g/mol. The van der Waals surface area contributed by atoms with Gasteiger partial charge in [0.05, 0.1) is 0 Å². The second-order valence-corrected chi connectivity index (χ2v) is 5.44. The second-order valence-electron chi connectivity index (χ2n) is 4.05. The second kappa shape index (κ2) is 6.92. The molecular weight excluding hydrogens is 434 g/mol. The van der Waals surface area contributed by atoms with Gasteiger partial charge in [-0.25, -0.2) is 4.39 Å². The van der Waals surface area contributed by atoms with Crippen molar-refractivity contribution < 1.29 is 44.6 Å². The molecule has 1 N–H and O–H groups in total. The number of unbranched alkanes of at least 4 members (excludes halogenated alkanes) is 1. The maximum Gasteiger partial charge on any atom is 0.457 e. The van der Waals surface area contributed by atoms with Gasteiger partial charge in [-0.3, -0.25) is 0 Å². The maximum atomic E-state index is 13.6. The van der Waals surface area contributed by atoms with Crippen LogP contribution in [-0.4, -0.2) is 35.7 Å². The third-order valence-electron chi connectivity index (χ3n) is 2.40. The summed E-state index contributed by atoms with van der Waals surface area (Å²) >= 11 is 1.05. The van der Waals surface area contributed by atoms with E-state index in [0.717, 1.165) is 22.6 Å². The fraction of sp³-hybridized carbons (Fsp3) is 0.800. The number of rotatable bonds is 6. The van der Waals surface area contributed by atoms with E-state index in [2.05, 4.69) is 0 Å². The van der Waals surface area contributed by atoms with Crippen molar-refractivity contribution in [3.05, 3.63) is 9.66 Å². The molecule has 1 nitrogen and oxygen atoms in total. The molecule has 0 saturated carbocycles. The molecule has 0 aliphatic carbocycles. The Morgan fingerprint density at radius 2 is 1.33 bits per heavy atom. The first-order valence-electron chi connectivity index (χ1n) is 5.39. The molecule has 0 aliphatic heterocycles. The van der Waals surface area contributed by atoms with Gasteiger partial charge in [-0.2, -0.15) is 35.1 Å².